The average Bonchev–Trinajstić information content (AvgIpc) is 2.50. The molecule has 5 nitrogen and oxygen atoms in total. The number of nitrogens with one attached hydrogen (secondary N) is 1. The van der Waals surface area contributed by atoms with Gasteiger partial charge in [-0.3, -0.25) is 4.79 Å². The van der Waals surface area contributed by atoms with Crippen LogP contribution >= 0.6 is 11.6 Å². The highest BCUT2D eigenvalue weighted by Crippen LogP contribution is 2.35. The third-order valence-electron chi connectivity index (χ3n) is 3.15. The molecular weight excluding hydrogens is 304 g/mol. The summed E-state index contributed by atoms with van der Waals surface area (Å²) in [4.78, 5) is 12.2. The predicted octanol–water partition coefficient (Wildman–Crippen LogP) is 3.12. The van der Waals surface area contributed by atoms with Gasteiger partial charge in [0.15, 0.2) is 0 Å². The summed E-state index contributed by atoms with van der Waals surface area (Å²) < 4.78 is 10.4. The van der Waals surface area contributed by atoms with Crippen molar-refractivity contribution in [2.75, 3.05) is 25.3 Å². The SMILES string of the molecule is COc1cc(NC(=O)Cc2ccccc2N)c(OC)cc1Cl. The van der Waals surface area contributed by atoms with Crippen LogP contribution in [-0.2, 0) is 11.2 Å². The van der Waals surface area contributed by atoms with E-state index in [1.54, 1.807) is 18.2 Å². The highest BCUT2D eigenvalue weighted by atomic mass is 35.5. The van der Waals surface area contributed by atoms with E-state index in [9.17, 15) is 4.79 Å². The van der Waals surface area contributed by atoms with E-state index < -0.39 is 0 Å². The summed E-state index contributed by atoms with van der Waals surface area (Å²) in [6, 6.07) is 10.4. The summed E-state index contributed by atoms with van der Waals surface area (Å²) in [6.45, 7) is 0. The average molecular weight is 321 g/mol. The largest absolute Gasteiger partial charge is 0.495 e. The minimum atomic E-state index is -0.208. The third kappa shape index (κ3) is 3.62. The van der Waals surface area contributed by atoms with E-state index in [4.69, 9.17) is 26.8 Å². The molecule has 0 aliphatic heterocycles. The Morgan fingerprint density at radius 1 is 1.18 bits per heavy atom. The maximum Gasteiger partial charge on any atom is 0.228 e. The van der Waals surface area contributed by atoms with Crippen LogP contribution in [0.4, 0.5) is 11.4 Å². The molecule has 2 aromatic rings. The van der Waals surface area contributed by atoms with Gasteiger partial charge in [-0.1, -0.05) is 29.8 Å². The molecule has 0 aliphatic rings. The number of benzene rings is 2. The number of nitrogen functional groups attached to an aromatic ring is 1. The van der Waals surface area contributed by atoms with Gasteiger partial charge in [0.1, 0.15) is 11.5 Å². The Bertz CT molecular complexity index is 689. The number of halogens is 1. The summed E-state index contributed by atoms with van der Waals surface area (Å²) in [5.74, 6) is 0.706. The summed E-state index contributed by atoms with van der Waals surface area (Å²) in [5.41, 5.74) is 7.68. The number of hydrogen-bond acceptors (Lipinski definition) is 4. The number of hydrogen-bond donors (Lipinski definition) is 2. The Hall–Kier alpha value is -2.40. The van der Waals surface area contributed by atoms with Crippen LogP contribution in [0.1, 0.15) is 5.56 Å². The maximum absolute atomic E-state index is 12.2. The molecule has 0 unspecified atom stereocenters. The fourth-order valence-electron chi connectivity index (χ4n) is 2.02. The second-order valence-corrected chi connectivity index (χ2v) is 5.02. The maximum atomic E-state index is 12.2. The van der Waals surface area contributed by atoms with E-state index in [-0.39, 0.29) is 12.3 Å². The lowest BCUT2D eigenvalue weighted by molar-refractivity contribution is -0.115. The Balaban J connectivity index is 2.19. The van der Waals surface area contributed by atoms with Crippen molar-refractivity contribution in [1.29, 1.82) is 0 Å². The molecule has 22 heavy (non-hydrogen) atoms. The number of nitrogens with two attached hydrogens (primary N) is 1. The molecule has 6 heteroatoms. The molecule has 0 atom stereocenters. The monoisotopic (exact) mass is 320 g/mol. The number of carbonyl (C=O) groups excluding carboxylic acids is 1. The molecule has 0 heterocycles. The standard InChI is InChI=1S/C16H17ClN2O3/c1-21-14-9-13(15(22-2)8-11(14)17)19-16(20)7-10-5-3-4-6-12(10)18/h3-6,8-9H,7,18H2,1-2H3,(H,19,20). The van der Waals surface area contributed by atoms with E-state index in [1.165, 1.54) is 14.2 Å². The lowest BCUT2D eigenvalue weighted by atomic mass is 10.1. The molecule has 2 rings (SSSR count). The van der Waals surface area contributed by atoms with E-state index in [2.05, 4.69) is 5.32 Å². The van der Waals surface area contributed by atoms with Gasteiger partial charge in [0.25, 0.3) is 0 Å². The van der Waals surface area contributed by atoms with Crippen molar-refractivity contribution >= 4 is 28.9 Å². The Kier molecular flexibility index (Phi) is 5.12. The smallest absolute Gasteiger partial charge is 0.228 e. The van der Waals surface area contributed by atoms with E-state index in [0.29, 0.717) is 27.9 Å². The zero-order valence-electron chi connectivity index (χ0n) is 12.4. The number of anilines is 2. The Morgan fingerprint density at radius 2 is 1.86 bits per heavy atom. The zero-order chi connectivity index (χ0) is 16.1. The van der Waals surface area contributed by atoms with Gasteiger partial charge >= 0.3 is 0 Å². The van der Waals surface area contributed by atoms with E-state index in [0.717, 1.165) is 5.56 Å². The van der Waals surface area contributed by atoms with Gasteiger partial charge in [-0.05, 0) is 11.6 Å². The van der Waals surface area contributed by atoms with Crippen molar-refractivity contribution in [3.8, 4) is 11.5 Å². The summed E-state index contributed by atoms with van der Waals surface area (Å²) in [6.07, 6.45) is 0.167. The molecule has 3 N–H and O–H groups in total. The number of amides is 1. The third-order valence-corrected chi connectivity index (χ3v) is 3.45. The molecule has 0 saturated carbocycles. The first-order valence-corrected chi connectivity index (χ1v) is 6.97. The van der Waals surface area contributed by atoms with Gasteiger partial charge in [-0.25, -0.2) is 0 Å². The van der Waals surface area contributed by atoms with Gasteiger partial charge in [-0.2, -0.15) is 0 Å². The fraction of sp³-hybridized carbons (Fsp3) is 0.188. The van der Waals surface area contributed by atoms with Gasteiger partial charge in [-0.15, -0.1) is 0 Å². The molecule has 0 fully saturated rings. The molecule has 116 valence electrons. The van der Waals surface area contributed by atoms with Gasteiger partial charge < -0.3 is 20.5 Å². The minimum Gasteiger partial charge on any atom is -0.495 e. The van der Waals surface area contributed by atoms with Crippen molar-refractivity contribution in [1.82, 2.24) is 0 Å². The summed E-state index contributed by atoms with van der Waals surface area (Å²) >= 11 is 6.03. The summed E-state index contributed by atoms with van der Waals surface area (Å²) in [7, 11) is 3.01. The first-order chi connectivity index (χ1) is 10.5. The van der Waals surface area contributed by atoms with Crippen molar-refractivity contribution in [2.24, 2.45) is 0 Å². The molecule has 0 bridgehead atoms. The predicted molar refractivity (Wildman–Crippen MR) is 87.7 cm³/mol. The van der Waals surface area contributed by atoms with Crippen molar-refractivity contribution in [2.45, 2.75) is 6.42 Å². The first kappa shape index (κ1) is 16.0. The minimum absolute atomic E-state index is 0.167. The van der Waals surface area contributed by atoms with Crippen LogP contribution in [0.15, 0.2) is 36.4 Å². The Morgan fingerprint density at radius 3 is 2.50 bits per heavy atom. The lowest BCUT2D eigenvalue weighted by Crippen LogP contribution is -2.16. The summed E-state index contributed by atoms with van der Waals surface area (Å²) in [5, 5.41) is 3.19. The number of methoxy groups -OCH3 is 2. The molecule has 2 aromatic carbocycles. The fourth-order valence-corrected chi connectivity index (χ4v) is 2.25. The lowest BCUT2D eigenvalue weighted by Gasteiger charge is -2.13. The number of ether oxygens (including phenoxy) is 2. The second kappa shape index (κ2) is 7.04. The van der Waals surface area contributed by atoms with E-state index in [1.807, 2.05) is 18.2 Å². The van der Waals surface area contributed by atoms with Gasteiger partial charge in [0, 0.05) is 17.8 Å². The number of rotatable bonds is 5. The van der Waals surface area contributed by atoms with Crippen LogP contribution in [0, 0.1) is 0 Å². The van der Waals surface area contributed by atoms with Gasteiger partial charge in [0.05, 0.1) is 31.4 Å². The molecule has 0 aliphatic carbocycles. The van der Waals surface area contributed by atoms with Crippen molar-refractivity contribution in [3.05, 3.63) is 47.0 Å². The Labute approximate surface area is 134 Å². The van der Waals surface area contributed by atoms with Crippen LogP contribution in [0.5, 0.6) is 11.5 Å². The van der Waals surface area contributed by atoms with Crippen LogP contribution in [0.25, 0.3) is 0 Å². The number of carbonyl (C=O) groups is 1. The van der Waals surface area contributed by atoms with Crippen molar-refractivity contribution in [3.63, 3.8) is 0 Å². The van der Waals surface area contributed by atoms with E-state index >= 15 is 0 Å². The second-order valence-electron chi connectivity index (χ2n) is 4.61. The normalized spacial score (nSPS) is 10.1. The molecular formula is C16H17ClN2O3. The molecule has 0 spiro atoms. The van der Waals surface area contributed by atoms with Gasteiger partial charge in [0.2, 0.25) is 5.91 Å². The van der Waals surface area contributed by atoms with Crippen LogP contribution in [0.2, 0.25) is 5.02 Å². The zero-order valence-corrected chi connectivity index (χ0v) is 13.1. The number of para-hydroxylation sites is 1. The molecule has 0 aromatic heterocycles. The molecule has 0 saturated heterocycles. The van der Waals surface area contributed by atoms with Crippen molar-refractivity contribution < 1.29 is 14.3 Å². The first-order valence-electron chi connectivity index (χ1n) is 6.60. The topological polar surface area (TPSA) is 73.6 Å². The molecule has 0 radical (unpaired) electrons. The van der Waals surface area contributed by atoms with Crippen LogP contribution in [-0.4, -0.2) is 20.1 Å². The highest BCUT2D eigenvalue weighted by molar-refractivity contribution is 6.32. The van der Waals surface area contributed by atoms with Crippen LogP contribution in [0.3, 0.4) is 0 Å². The van der Waals surface area contributed by atoms with Crippen LogP contribution < -0.4 is 20.5 Å². The quantitative estimate of drug-likeness (QED) is 0.830. The molecule has 1 amide bonds. The highest BCUT2D eigenvalue weighted by Gasteiger charge is 2.13.